The van der Waals surface area contributed by atoms with E-state index in [4.69, 9.17) is 0 Å². The molecule has 0 saturated carbocycles. The smallest absolute Gasteiger partial charge is 0.0945 e. The predicted molar refractivity (Wildman–Crippen MR) is 69.7 cm³/mol. The van der Waals surface area contributed by atoms with Gasteiger partial charge in [-0.25, -0.2) is 4.98 Å². The fourth-order valence-corrected chi connectivity index (χ4v) is 1.92. The van der Waals surface area contributed by atoms with Gasteiger partial charge < -0.3 is 9.88 Å². The highest BCUT2D eigenvalue weighted by Crippen LogP contribution is 2.10. The van der Waals surface area contributed by atoms with Gasteiger partial charge in [0.25, 0.3) is 0 Å². The molecule has 1 aromatic carbocycles. The van der Waals surface area contributed by atoms with Crippen LogP contribution in [-0.4, -0.2) is 9.55 Å². The number of hydrogen-bond acceptors (Lipinski definition) is 2. The van der Waals surface area contributed by atoms with Gasteiger partial charge in [-0.05, 0) is 25.0 Å². The van der Waals surface area contributed by atoms with Gasteiger partial charge in [0.15, 0.2) is 0 Å². The maximum Gasteiger partial charge on any atom is 0.0945 e. The van der Waals surface area contributed by atoms with E-state index in [2.05, 4.69) is 42.3 Å². The molecule has 0 atom stereocenters. The zero-order valence-corrected chi connectivity index (χ0v) is 10.7. The van der Waals surface area contributed by atoms with Gasteiger partial charge in [-0.3, -0.25) is 0 Å². The summed E-state index contributed by atoms with van der Waals surface area (Å²) in [6.45, 7) is 6.04. The molecule has 0 aliphatic heterocycles. The Labute approximate surface area is 103 Å². The van der Waals surface area contributed by atoms with Crippen LogP contribution in [0.3, 0.4) is 0 Å². The molecule has 3 heteroatoms. The number of imidazole rings is 1. The van der Waals surface area contributed by atoms with Gasteiger partial charge in [0, 0.05) is 26.3 Å². The Balaban J connectivity index is 1.92. The summed E-state index contributed by atoms with van der Waals surface area (Å²) in [5, 5.41) is 3.44. The van der Waals surface area contributed by atoms with Crippen LogP contribution in [0.5, 0.6) is 0 Å². The molecular weight excluding hydrogens is 210 g/mol. The van der Waals surface area contributed by atoms with Crippen molar-refractivity contribution in [1.29, 1.82) is 0 Å². The lowest BCUT2D eigenvalue weighted by Crippen LogP contribution is -2.15. The first kappa shape index (κ1) is 11.9. The Bertz CT molecular complexity index is 500. The van der Waals surface area contributed by atoms with Crippen LogP contribution in [0.15, 0.2) is 30.7 Å². The van der Waals surface area contributed by atoms with Gasteiger partial charge in [-0.15, -0.1) is 0 Å². The zero-order chi connectivity index (χ0) is 12.3. The molecule has 0 amide bonds. The molecule has 1 heterocycles. The molecule has 0 radical (unpaired) electrons. The van der Waals surface area contributed by atoms with Crippen LogP contribution in [0.2, 0.25) is 0 Å². The molecular formula is C14H19N3. The quantitative estimate of drug-likeness (QED) is 0.872. The molecule has 2 aromatic rings. The molecule has 0 spiro atoms. The summed E-state index contributed by atoms with van der Waals surface area (Å²) < 4.78 is 2.04. The zero-order valence-electron chi connectivity index (χ0n) is 10.7. The van der Waals surface area contributed by atoms with Crippen molar-refractivity contribution in [2.75, 3.05) is 0 Å². The highest BCUT2D eigenvalue weighted by Gasteiger charge is 2.00. The van der Waals surface area contributed by atoms with E-state index in [1.54, 1.807) is 0 Å². The Morgan fingerprint density at radius 3 is 2.71 bits per heavy atom. The van der Waals surface area contributed by atoms with Gasteiger partial charge in [-0.1, -0.05) is 23.8 Å². The van der Waals surface area contributed by atoms with E-state index in [1.165, 1.54) is 22.4 Å². The van der Waals surface area contributed by atoms with Crippen LogP contribution in [0.25, 0.3) is 0 Å². The predicted octanol–water partition coefficient (Wildman–Crippen LogP) is 2.33. The van der Waals surface area contributed by atoms with E-state index < -0.39 is 0 Å². The van der Waals surface area contributed by atoms with Gasteiger partial charge >= 0.3 is 0 Å². The van der Waals surface area contributed by atoms with Crippen molar-refractivity contribution in [2.45, 2.75) is 26.9 Å². The summed E-state index contributed by atoms with van der Waals surface area (Å²) in [5.74, 6) is 0. The van der Waals surface area contributed by atoms with Crippen LogP contribution >= 0.6 is 0 Å². The molecule has 0 bridgehead atoms. The number of aromatic nitrogens is 2. The van der Waals surface area contributed by atoms with Crippen molar-refractivity contribution in [3.63, 3.8) is 0 Å². The number of rotatable bonds is 4. The summed E-state index contributed by atoms with van der Waals surface area (Å²) >= 11 is 0. The van der Waals surface area contributed by atoms with Crippen LogP contribution < -0.4 is 5.32 Å². The minimum absolute atomic E-state index is 0.851. The third-order valence-corrected chi connectivity index (χ3v) is 3.04. The summed E-state index contributed by atoms with van der Waals surface area (Å²) in [4.78, 5) is 4.10. The molecule has 0 aliphatic rings. The molecule has 0 unspecified atom stereocenters. The monoisotopic (exact) mass is 229 g/mol. The lowest BCUT2D eigenvalue weighted by molar-refractivity contribution is 0.653. The fraction of sp³-hybridized carbons (Fsp3) is 0.357. The average molecular weight is 229 g/mol. The molecule has 1 aromatic heterocycles. The average Bonchev–Trinajstić information content (AvgIpc) is 2.68. The van der Waals surface area contributed by atoms with Gasteiger partial charge in [-0.2, -0.15) is 0 Å². The van der Waals surface area contributed by atoms with Gasteiger partial charge in [0.1, 0.15) is 0 Å². The van der Waals surface area contributed by atoms with E-state index in [1.807, 2.05) is 24.1 Å². The number of hydrogen-bond donors (Lipinski definition) is 1. The van der Waals surface area contributed by atoms with Gasteiger partial charge in [0.2, 0.25) is 0 Å². The number of nitrogens with one attached hydrogen (secondary N) is 1. The second-order valence-electron chi connectivity index (χ2n) is 4.53. The molecule has 90 valence electrons. The molecule has 3 nitrogen and oxygen atoms in total. The second kappa shape index (κ2) is 5.15. The highest BCUT2D eigenvalue weighted by molar-refractivity contribution is 5.30. The molecule has 0 saturated heterocycles. The first-order valence-corrected chi connectivity index (χ1v) is 5.89. The molecule has 1 N–H and O–H groups in total. The topological polar surface area (TPSA) is 29.9 Å². The lowest BCUT2D eigenvalue weighted by Gasteiger charge is -2.09. The Hall–Kier alpha value is -1.61. The minimum atomic E-state index is 0.851. The molecule has 0 aliphatic carbocycles. The maximum atomic E-state index is 4.10. The molecule has 0 fully saturated rings. The van der Waals surface area contributed by atoms with Crippen LogP contribution in [0, 0.1) is 13.8 Å². The first-order valence-electron chi connectivity index (χ1n) is 5.89. The van der Waals surface area contributed by atoms with Crippen molar-refractivity contribution in [3.05, 3.63) is 53.1 Å². The second-order valence-corrected chi connectivity index (χ2v) is 4.53. The van der Waals surface area contributed by atoms with Crippen LogP contribution in [0.4, 0.5) is 0 Å². The maximum absolute atomic E-state index is 4.10. The van der Waals surface area contributed by atoms with Crippen LogP contribution in [-0.2, 0) is 20.1 Å². The van der Waals surface area contributed by atoms with E-state index >= 15 is 0 Å². The Kier molecular flexibility index (Phi) is 3.59. The van der Waals surface area contributed by atoms with Crippen LogP contribution in [0.1, 0.15) is 22.4 Å². The van der Waals surface area contributed by atoms with Crippen molar-refractivity contribution in [3.8, 4) is 0 Å². The first-order chi connectivity index (χ1) is 8.16. The van der Waals surface area contributed by atoms with E-state index in [0.717, 1.165) is 13.1 Å². The Morgan fingerprint density at radius 1 is 1.24 bits per heavy atom. The van der Waals surface area contributed by atoms with Crippen molar-refractivity contribution < 1.29 is 0 Å². The minimum Gasteiger partial charge on any atom is -0.337 e. The van der Waals surface area contributed by atoms with Crippen molar-refractivity contribution >= 4 is 0 Å². The molecule has 2 rings (SSSR count). The summed E-state index contributed by atoms with van der Waals surface area (Å²) in [5.41, 5.74) is 5.23. The summed E-state index contributed by atoms with van der Waals surface area (Å²) in [7, 11) is 2.02. The van der Waals surface area contributed by atoms with Crippen molar-refractivity contribution in [1.82, 2.24) is 14.9 Å². The summed E-state index contributed by atoms with van der Waals surface area (Å²) in [6.07, 6.45) is 3.73. The number of benzene rings is 1. The number of nitrogens with zero attached hydrogens (tertiary/aromatic N) is 2. The van der Waals surface area contributed by atoms with Gasteiger partial charge in [0.05, 0.1) is 12.0 Å². The van der Waals surface area contributed by atoms with E-state index in [0.29, 0.717) is 0 Å². The molecule has 17 heavy (non-hydrogen) atoms. The Morgan fingerprint density at radius 2 is 2.06 bits per heavy atom. The third-order valence-electron chi connectivity index (χ3n) is 3.04. The lowest BCUT2D eigenvalue weighted by atomic mass is 10.1. The number of aryl methyl sites for hydroxylation is 3. The summed E-state index contributed by atoms with van der Waals surface area (Å²) in [6, 6.07) is 6.58. The standard InChI is InChI=1S/C14H19N3/c1-11-4-5-13(12(2)6-11)7-15-8-14-9-16-10-17(14)3/h4-6,9-10,15H,7-8H2,1-3H3. The van der Waals surface area contributed by atoms with E-state index in [9.17, 15) is 0 Å². The SMILES string of the molecule is Cc1ccc(CNCc2cncn2C)c(C)c1. The highest BCUT2D eigenvalue weighted by atomic mass is 15.0. The van der Waals surface area contributed by atoms with Crippen molar-refractivity contribution in [2.24, 2.45) is 7.05 Å². The largest absolute Gasteiger partial charge is 0.337 e. The fourth-order valence-electron chi connectivity index (χ4n) is 1.92. The third kappa shape index (κ3) is 2.94. The van der Waals surface area contributed by atoms with E-state index in [-0.39, 0.29) is 0 Å². The normalized spacial score (nSPS) is 10.8.